The molecule has 6 bridgehead atoms. The second-order valence-corrected chi connectivity index (χ2v) is 22.6. The van der Waals surface area contributed by atoms with Gasteiger partial charge in [0.25, 0.3) is 0 Å². The molecule has 344 valence electrons. The Bertz CT molecular complexity index is 2550. The van der Waals surface area contributed by atoms with Crippen LogP contribution in [0.25, 0.3) is 33.3 Å². The fraction of sp³-hybridized carbons (Fsp3) is 0.478. The minimum atomic E-state index is -3.70. The Morgan fingerprint density at radius 2 is 1.84 bits per heavy atom. The predicted molar refractivity (Wildman–Crippen MR) is 238 cm³/mol. The van der Waals surface area contributed by atoms with Crippen LogP contribution in [0, 0.1) is 17.3 Å². The van der Waals surface area contributed by atoms with Crippen LogP contribution < -0.4 is 30.4 Å². The van der Waals surface area contributed by atoms with Crippen molar-refractivity contribution in [3.05, 3.63) is 78.2 Å². The standard InChI is InChI=1S/C46H58IN8O8S/c1-8-54-39-13-12-30-21-35(39)36(41(54)33-23-48-27-49-24-33)22-46(5,6)26-63-45(60)38-11-10-15-55(51-38)44(59)37(19-29-17-32(30)20-34(56)18-29)47-50-42(57)40(28(3)4)52(7)43(58)31-14-16-53(25-31)64(61,62)9-2/h9,12-13,17-18,20-21,23-24,27-28,31,37-38,40,51,56H,2,8,10-11,14-16,19,22,25-26H2,1,3-7H3,(H,50,57)/q-1/t31-,37-,38-,40-/m0/s1. The van der Waals surface area contributed by atoms with Crippen LogP contribution in [0.4, 0.5) is 0 Å². The molecule has 2 fully saturated rings. The molecule has 4 atom stereocenters. The number of hydrogen-bond donors (Lipinski definition) is 3. The average Bonchev–Trinajstić information content (AvgIpc) is 3.90. The van der Waals surface area contributed by atoms with Crippen molar-refractivity contribution in [3.63, 3.8) is 0 Å². The number of carbonyl (C=O) groups excluding carboxylic acids is 4. The number of esters is 1. The molecule has 3 N–H and O–H groups in total. The average molecular weight is 1010 g/mol. The molecule has 0 unspecified atom stereocenters. The van der Waals surface area contributed by atoms with E-state index in [1.165, 1.54) is 20.5 Å². The van der Waals surface area contributed by atoms with Gasteiger partial charge in [-0.15, -0.1) is 0 Å². The van der Waals surface area contributed by atoms with Crippen LogP contribution in [0.2, 0.25) is 0 Å². The number of fused-ring (bicyclic) bond motifs is 6. The van der Waals surface area contributed by atoms with Crippen molar-refractivity contribution >= 4 is 44.6 Å². The van der Waals surface area contributed by atoms with Crippen molar-refractivity contribution in [2.75, 3.05) is 33.3 Å². The Morgan fingerprint density at radius 3 is 2.55 bits per heavy atom. The first kappa shape index (κ1) is 47.1. The first-order valence-corrected chi connectivity index (χ1v) is 25.5. The third kappa shape index (κ3) is 9.99. The Kier molecular flexibility index (Phi) is 14.2. The zero-order chi connectivity index (χ0) is 46.1. The summed E-state index contributed by atoms with van der Waals surface area (Å²) in [5.41, 5.74) is 8.84. The monoisotopic (exact) mass is 1010 g/mol. The number of hydrazine groups is 1. The van der Waals surface area contributed by atoms with Crippen molar-refractivity contribution < 1.29 is 58.9 Å². The molecule has 3 amide bonds. The molecule has 0 spiro atoms. The van der Waals surface area contributed by atoms with E-state index in [-0.39, 0.29) is 49.6 Å². The van der Waals surface area contributed by atoms with Gasteiger partial charge in [0.15, 0.2) is 0 Å². The van der Waals surface area contributed by atoms with Crippen molar-refractivity contribution in [1.82, 2.24) is 37.7 Å². The Morgan fingerprint density at radius 1 is 1.09 bits per heavy atom. The number of sulfonamides is 1. The van der Waals surface area contributed by atoms with E-state index in [1.807, 2.05) is 26.0 Å². The molecule has 7 rings (SSSR count). The van der Waals surface area contributed by atoms with Gasteiger partial charge in [-0.1, -0.05) is 0 Å². The van der Waals surface area contributed by atoms with Crippen LogP contribution in [0.3, 0.4) is 0 Å². The van der Waals surface area contributed by atoms with Crippen molar-refractivity contribution in [1.29, 1.82) is 0 Å². The van der Waals surface area contributed by atoms with Crippen LogP contribution in [-0.2, 0) is 53.3 Å². The van der Waals surface area contributed by atoms with Crippen molar-refractivity contribution in [3.8, 4) is 28.1 Å². The number of hydrogen-bond acceptors (Lipinski definition) is 11. The fourth-order valence-electron chi connectivity index (χ4n) is 9.17. The zero-order valence-electron chi connectivity index (χ0n) is 37.2. The van der Waals surface area contributed by atoms with Gasteiger partial charge in [0.2, 0.25) is 0 Å². The third-order valence-corrected chi connectivity index (χ3v) is 16.4. The summed E-state index contributed by atoms with van der Waals surface area (Å²) in [4.78, 5) is 66.4. The van der Waals surface area contributed by atoms with Gasteiger partial charge in [0, 0.05) is 0 Å². The van der Waals surface area contributed by atoms with E-state index < -0.39 is 70.7 Å². The number of aromatic hydroxyl groups is 1. The number of ether oxygens (including phenoxy) is 1. The molecule has 2 saturated heterocycles. The maximum atomic E-state index is 14.6. The molecule has 18 heteroatoms. The molecular weight excluding hydrogens is 952 g/mol. The van der Waals surface area contributed by atoms with Crippen LogP contribution in [-0.4, -0.2) is 115 Å². The molecular formula is C46H58IN8O8S-. The quantitative estimate of drug-likeness (QED) is 0.0901. The number of alkyl halides is 1. The fourth-order valence-corrected chi connectivity index (χ4v) is 12.5. The molecule has 2 aromatic heterocycles. The molecule has 64 heavy (non-hydrogen) atoms. The van der Waals surface area contributed by atoms with Crippen molar-refractivity contribution in [2.45, 2.75) is 89.3 Å². The topological polar surface area (TPSA) is 196 Å². The summed E-state index contributed by atoms with van der Waals surface area (Å²) >= 11 is -1.46. The number of nitrogens with one attached hydrogen (secondary N) is 2. The number of phenols is 1. The summed E-state index contributed by atoms with van der Waals surface area (Å²) < 4.78 is 36.7. The van der Waals surface area contributed by atoms with Crippen molar-refractivity contribution in [2.24, 2.45) is 17.3 Å². The Balaban J connectivity index is 1.23. The summed E-state index contributed by atoms with van der Waals surface area (Å²) in [7, 11) is -2.14. The molecule has 16 nitrogen and oxygen atoms in total. The van der Waals surface area contributed by atoms with Gasteiger partial charge < -0.3 is 0 Å². The van der Waals surface area contributed by atoms with E-state index in [4.69, 9.17) is 4.74 Å². The van der Waals surface area contributed by atoms with Gasteiger partial charge in [-0.05, 0) is 0 Å². The van der Waals surface area contributed by atoms with Crippen LogP contribution in [0.1, 0.15) is 65.0 Å². The number of benzene rings is 2. The molecule has 3 aliphatic rings. The molecule has 0 aliphatic carbocycles. The number of carbonyl (C=O) groups is 4. The van der Waals surface area contributed by atoms with E-state index >= 15 is 0 Å². The number of phenolic OH excluding ortho intramolecular Hbond substituents is 1. The number of likely N-dealkylation sites (N-methyl/N-ethyl adjacent to an activating group) is 1. The molecule has 4 aromatic rings. The van der Waals surface area contributed by atoms with Crippen LogP contribution in [0.15, 0.2) is 67.1 Å². The molecule has 0 saturated carbocycles. The number of aromatic nitrogens is 3. The van der Waals surface area contributed by atoms with Gasteiger partial charge in [0.1, 0.15) is 6.33 Å². The van der Waals surface area contributed by atoms with E-state index in [0.29, 0.717) is 44.3 Å². The first-order chi connectivity index (χ1) is 30.4. The van der Waals surface area contributed by atoms with E-state index in [1.54, 1.807) is 31.6 Å². The summed E-state index contributed by atoms with van der Waals surface area (Å²) in [6.07, 6.45) is 7.18. The summed E-state index contributed by atoms with van der Waals surface area (Å²) in [5.74, 6) is -2.44. The third-order valence-electron chi connectivity index (χ3n) is 12.3. The number of amides is 3. The molecule has 2 aromatic carbocycles. The predicted octanol–water partition coefficient (Wildman–Crippen LogP) is 1.42. The first-order valence-electron chi connectivity index (χ1n) is 21.7. The maximum absolute atomic E-state index is 14.6. The van der Waals surface area contributed by atoms with E-state index in [2.05, 4.69) is 63.0 Å². The van der Waals surface area contributed by atoms with E-state index in [0.717, 1.165) is 44.3 Å². The zero-order valence-corrected chi connectivity index (χ0v) is 40.2. The summed E-state index contributed by atoms with van der Waals surface area (Å²) in [6.45, 7) is 14.6. The second-order valence-electron chi connectivity index (χ2n) is 18.0. The van der Waals surface area contributed by atoms with Crippen LogP contribution >= 0.6 is 0 Å². The van der Waals surface area contributed by atoms with Gasteiger partial charge in [-0.3, -0.25) is 0 Å². The molecule has 5 heterocycles. The number of rotatable bonds is 10. The van der Waals surface area contributed by atoms with Gasteiger partial charge in [-0.2, -0.15) is 0 Å². The number of aryl methyl sites for hydroxylation is 1. The normalized spacial score (nSPS) is 21.4. The summed E-state index contributed by atoms with van der Waals surface area (Å²) in [5, 5.41) is 14.6. The SMILES string of the molecule is C=CS(=O)(=O)N1CC[C@H](C(=O)N(C)[C@H](C(=O)N[I-][C@H]2Cc3cc(O)cc(c3)-c3ccc4c(c3)c(c(-c3cncnc3)n4CC)CC(C)(C)COC(=O)[C@@H]3CCCN(N3)C2=O)C(C)C)C1. The van der Waals surface area contributed by atoms with Gasteiger partial charge in [-0.25, -0.2) is 9.97 Å². The molecule has 3 aliphatic heterocycles. The Labute approximate surface area is 385 Å². The number of cyclic esters (lactones) is 1. The van der Waals surface area contributed by atoms with E-state index in [9.17, 15) is 32.7 Å². The molecule has 0 radical (unpaired) electrons. The minimum absolute atomic E-state index is 0.000828. The Hall–Kier alpha value is -4.92. The van der Waals surface area contributed by atoms with Gasteiger partial charge >= 0.3 is 371 Å². The second kappa shape index (κ2) is 19.3. The summed E-state index contributed by atoms with van der Waals surface area (Å²) in [6, 6.07) is 9.85. The van der Waals surface area contributed by atoms with Gasteiger partial charge in [0.05, 0.1) is 0 Å². The number of nitrogens with zero attached hydrogens (tertiary/aromatic N) is 6. The number of halogens is 1. The van der Waals surface area contributed by atoms with Crippen LogP contribution in [0.5, 0.6) is 5.75 Å².